The zero-order chi connectivity index (χ0) is 57.5. The van der Waals surface area contributed by atoms with Crippen molar-refractivity contribution in [2.45, 2.75) is 146 Å². The molecule has 6 atom stereocenters. The van der Waals surface area contributed by atoms with E-state index in [4.69, 9.17) is 16.2 Å². The maximum Gasteiger partial charge on any atom is 0.308 e. The Hall–Kier alpha value is -8.34. The lowest BCUT2D eigenvalue weighted by atomic mass is 10.0. The lowest BCUT2D eigenvalue weighted by Gasteiger charge is -2.27. The Morgan fingerprint density at radius 1 is 0.696 bits per heavy atom. The van der Waals surface area contributed by atoms with Crippen LogP contribution in [0.3, 0.4) is 0 Å². The number of ether oxygens (including phenoxy) is 1. The number of phenols is 1. The molecule has 14 N–H and O–H groups in total. The molecule has 0 spiro atoms. The summed E-state index contributed by atoms with van der Waals surface area (Å²) >= 11 is 0. The van der Waals surface area contributed by atoms with Crippen molar-refractivity contribution < 1.29 is 57.8 Å². The maximum absolute atomic E-state index is 14.7. The molecule has 0 saturated carbocycles. The minimum atomic E-state index is -1.65. The van der Waals surface area contributed by atoms with E-state index in [1.54, 1.807) is 75.5 Å². The highest BCUT2D eigenvalue weighted by Gasteiger charge is 2.34. The number of fused-ring (bicyclic) bond motifs is 1. The number of rotatable bonds is 15. The van der Waals surface area contributed by atoms with Crippen molar-refractivity contribution in [2.75, 3.05) is 19.6 Å². The summed E-state index contributed by atoms with van der Waals surface area (Å²) in [7, 11) is 0. The van der Waals surface area contributed by atoms with Gasteiger partial charge in [-0.2, -0.15) is 0 Å². The number of aromatic amines is 1. The van der Waals surface area contributed by atoms with Crippen LogP contribution in [-0.2, 0) is 71.9 Å². The molecule has 2 heterocycles. The highest BCUT2D eigenvalue weighted by atomic mass is 16.6. The van der Waals surface area contributed by atoms with Crippen molar-refractivity contribution in [3.63, 3.8) is 0 Å². The van der Waals surface area contributed by atoms with E-state index >= 15 is 0 Å². The predicted octanol–water partition coefficient (Wildman–Crippen LogP) is 0.743. The van der Waals surface area contributed by atoms with Gasteiger partial charge in [-0.25, -0.2) is 0 Å². The van der Waals surface area contributed by atoms with Gasteiger partial charge in [0.15, 0.2) is 0 Å². The average Bonchev–Trinajstić information content (AvgIpc) is 3.81. The molecule has 23 heteroatoms. The van der Waals surface area contributed by atoms with Gasteiger partial charge in [0, 0.05) is 55.9 Å². The van der Waals surface area contributed by atoms with Crippen LogP contribution in [0, 0.1) is 0 Å². The van der Waals surface area contributed by atoms with Crippen LogP contribution in [0.5, 0.6) is 5.75 Å². The van der Waals surface area contributed by atoms with Gasteiger partial charge >= 0.3 is 5.97 Å². The second-order valence-corrected chi connectivity index (χ2v) is 20.6. The number of amides is 9. The number of carbonyl (C=O) groups is 10. The van der Waals surface area contributed by atoms with Gasteiger partial charge in [-0.3, -0.25) is 47.9 Å². The van der Waals surface area contributed by atoms with Crippen LogP contribution in [0.1, 0.15) is 102 Å². The number of para-hydroxylation sites is 1. The molecule has 79 heavy (non-hydrogen) atoms. The Morgan fingerprint density at radius 2 is 1.33 bits per heavy atom. The molecule has 1 aliphatic rings. The van der Waals surface area contributed by atoms with E-state index in [2.05, 4.69) is 47.5 Å². The molecule has 426 valence electrons. The summed E-state index contributed by atoms with van der Waals surface area (Å²) in [5.74, 6) is -7.26. The molecular weight excluding hydrogens is 1020 g/mol. The quantitative estimate of drug-likeness (QED) is 0.0732. The molecule has 0 aliphatic carbocycles. The number of aromatic hydroxyl groups is 1. The summed E-state index contributed by atoms with van der Waals surface area (Å²) in [4.78, 5) is 139. The first-order chi connectivity index (χ1) is 37.6. The number of nitrogens with two attached hydrogens (primary N) is 2. The molecule has 9 amide bonds. The molecule has 3 aromatic carbocycles. The first-order valence-electron chi connectivity index (χ1n) is 26.6. The fourth-order valence-corrected chi connectivity index (χ4v) is 8.70. The van der Waals surface area contributed by atoms with Crippen molar-refractivity contribution in [1.29, 1.82) is 0 Å². The van der Waals surface area contributed by atoms with Gasteiger partial charge in [0.2, 0.25) is 53.2 Å². The van der Waals surface area contributed by atoms with Crippen LogP contribution in [0.25, 0.3) is 10.9 Å². The molecule has 4 aromatic rings. The standard InChI is InChI=1S/C56H75N11O12/c1-56(2,3)79-49(72)31-45(55(78)66-43(50(58)73)29-34-14-5-4-6-15-34)67-53(76)42-19-10-12-27-60-47(70)21-13-20-46(69)59-26-11-9-18-41(64-51(74)39(57)28-35-22-24-37(68)25-23-35)52(75)62-33-48(71)63-44(54(77)65-42)30-36-32-61-40-17-8-7-16-38(36)40/h4-8,14-17,22-25,32,39,41-45,61,68H,9-13,18-21,26-31,33,57H2,1-3H3,(H2,58,73)(H,59,69)(H,60,70)(H,62,75)(H,63,71)(H,64,74)(H,65,77)(H,66,78)(H,67,76)/t39-,41-,42-,43-,44-,45-/m0/s1. The number of esters is 1. The van der Waals surface area contributed by atoms with Gasteiger partial charge in [0.25, 0.3) is 0 Å². The molecule has 1 aromatic heterocycles. The van der Waals surface area contributed by atoms with Gasteiger partial charge in [-0.1, -0.05) is 60.7 Å². The van der Waals surface area contributed by atoms with Crippen LogP contribution in [-0.4, -0.2) is 131 Å². The third-order valence-corrected chi connectivity index (χ3v) is 12.8. The fourth-order valence-electron chi connectivity index (χ4n) is 8.70. The minimum Gasteiger partial charge on any atom is -0.508 e. The smallest absolute Gasteiger partial charge is 0.308 e. The van der Waals surface area contributed by atoms with E-state index in [0.29, 0.717) is 36.0 Å². The van der Waals surface area contributed by atoms with Crippen molar-refractivity contribution in [3.05, 3.63) is 102 Å². The molecule has 1 aliphatic heterocycles. The number of phenolic OH excluding ortho intramolecular Hbond substituents is 1. The van der Waals surface area contributed by atoms with E-state index < -0.39 is 102 Å². The number of benzene rings is 3. The van der Waals surface area contributed by atoms with E-state index in [1.807, 2.05) is 18.2 Å². The third kappa shape index (κ3) is 21.5. The molecular formula is C56H75N11O12. The number of nitrogens with one attached hydrogen (secondary N) is 9. The second-order valence-electron chi connectivity index (χ2n) is 20.6. The molecule has 1 fully saturated rings. The van der Waals surface area contributed by atoms with Gasteiger partial charge < -0.3 is 68.8 Å². The van der Waals surface area contributed by atoms with Crippen molar-refractivity contribution in [2.24, 2.45) is 11.5 Å². The summed E-state index contributed by atoms with van der Waals surface area (Å²) in [6.07, 6.45) is 2.57. The van der Waals surface area contributed by atoms with Crippen LogP contribution < -0.4 is 54.0 Å². The SMILES string of the molecule is CC(C)(C)OC(=O)C[C@H](NC(=O)[C@@H]1CCCCNC(=O)CCCC(=O)NCCCC[C@H](NC(=O)[C@@H](N)Cc2ccc(O)cc2)C(=O)NCC(=O)N[C@@H](Cc2c[nH]c3ccccc23)C(=O)N1)C(=O)N[C@@H](Cc1ccccc1)C(N)=O. The normalized spacial score (nSPS) is 19.2. The zero-order valence-electron chi connectivity index (χ0n) is 45.0. The van der Waals surface area contributed by atoms with E-state index in [0.717, 1.165) is 10.9 Å². The maximum atomic E-state index is 14.7. The summed E-state index contributed by atoms with van der Waals surface area (Å²) in [5, 5.41) is 31.8. The van der Waals surface area contributed by atoms with Crippen molar-refractivity contribution in [1.82, 2.24) is 47.5 Å². The monoisotopic (exact) mass is 1090 g/mol. The lowest BCUT2D eigenvalue weighted by Crippen LogP contribution is -2.59. The summed E-state index contributed by atoms with van der Waals surface area (Å²) in [5.41, 5.74) is 13.6. The van der Waals surface area contributed by atoms with Gasteiger partial charge in [-0.05, 0) is 107 Å². The molecule has 5 rings (SSSR count). The lowest BCUT2D eigenvalue weighted by molar-refractivity contribution is -0.156. The molecule has 23 nitrogen and oxygen atoms in total. The fraction of sp³-hybridized carbons (Fsp3) is 0.464. The predicted molar refractivity (Wildman–Crippen MR) is 292 cm³/mol. The van der Waals surface area contributed by atoms with Gasteiger partial charge in [-0.15, -0.1) is 0 Å². The number of H-pyrrole nitrogens is 1. The third-order valence-electron chi connectivity index (χ3n) is 12.8. The highest BCUT2D eigenvalue weighted by Crippen LogP contribution is 2.20. The molecule has 0 unspecified atom stereocenters. The molecule has 0 radical (unpaired) electrons. The topological polar surface area (TPSA) is 364 Å². The van der Waals surface area contributed by atoms with Crippen LogP contribution in [0.2, 0.25) is 0 Å². The highest BCUT2D eigenvalue weighted by molar-refractivity contribution is 5.98. The Morgan fingerprint density at radius 3 is 1.99 bits per heavy atom. The largest absolute Gasteiger partial charge is 0.508 e. The number of hydrogen-bond acceptors (Lipinski definition) is 13. The van der Waals surface area contributed by atoms with E-state index in [-0.39, 0.29) is 88.4 Å². The average molecular weight is 1090 g/mol. The van der Waals surface area contributed by atoms with Crippen molar-refractivity contribution >= 4 is 70.0 Å². The van der Waals surface area contributed by atoms with Crippen LogP contribution in [0.15, 0.2) is 85.1 Å². The van der Waals surface area contributed by atoms with Crippen LogP contribution in [0.4, 0.5) is 0 Å². The first kappa shape index (κ1) is 61.5. The first-order valence-corrected chi connectivity index (χ1v) is 26.6. The number of primary amides is 1. The Bertz CT molecular complexity index is 2750. The van der Waals surface area contributed by atoms with Gasteiger partial charge in [0.05, 0.1) is 19.0 Å². The zero-order valence-corrected chi connectivity index (χ0v) is 45.0. The summed E-state index contributed by atoms with van der Waals surface area (Å²) in [6.45, 7) is 4.61. The van der Waals surface area contributed by atoms with Crippen LogP contribution >= 0.6 is 0 Å². The molecule has 0 bridgehead atoms. The Balaban J connectivity index is 1.42. The van der Waals surface area contributed by atoms with Gasteiger partial charge in [0.1, 0.15) is 41.6 Å². The second kappa shape index (κ2) is 30.6. The number of carbonyl (C=O) groups excluding carboxylic acids is 10. The number of hydrogen-bond donors (Lipinski definition) is 12. The summed E-state index contributed by atoms with van der Waals surface area (Å²) < 4.78 is 5.50. The molecule has 1 saturated heterocycles. The van der Waals surface area contributed by atoms with Crippen molar-refractivity contribution in [3.8, 4) is 5.75 Å². The Labute approximate surface area is 458 Å². The minimum absolute atomic E-state index is 0.0122. The Kier molecular flexibility index (Phi) is 23.8. The number of aromatic nitrogens is 1. The van der Waals surface area contributed by atoms with E-state index in [1.165, 1.54) is 12.1 Å². The van der Waals surface area contributed by atoms with E-state index in [9.17, 15) is 53.1 Å². The summed E-state index contributed by atoms with van der Waals surface area (Å²) in [6, 6.07) is 14.0.